The summed E-state index contributed by atoms with van der Waals surface area (Å²) < 4.78 is 0. The molecule has 186 valence electrons. The number of fused-ring (bicyclic) bond motifs is 2. The van der Waals surface area contributed by atoms with Crippen molar-refractivity contribution in [3.8, 4) is 0 Å². The molecule has 0 unspecified atom stereocenters. The number of carbonyl (C=O) groups excluding carboxylic acids is 1. The Labute approximate surface area is 204 Å². The zero-order chi connectivity index (χ0) is 23.5. The highest BCUT2D eigenvalue weighted by molar-refractivity contribution is 6.13. The highest BCUT2D eigenvalue weighted by atomic mass is 16.2. The van der Waals surface area contributed by atoms with Crippen LogP contribution in [0.3, 0.4) is 0 Å². The number of likely N-dealkylation sites (N-methyl/N-ethyl adjacent to an activating group) is 1. The highest BCUT2D eigenvalue weighted by Crippen LogP contribution is 2.42. The van der Waals surface area contributed by atoms with E-state index < -0.39 is 0 Å². The van der Waals surface area contributed by atoms with Crippen molar-refractivity contribution in [2.24, 2.45) is 9.98 Å². The van der Waals surface area contributed by atoms with Crippen LogP contribution in [-0.2, 0) is 4.79 Å². The normalized spacial score (nSPS) is 32.7. The number of aliphatic imine (C=N–C) groups is 2. The Balaban J connectivity index is 1.23. The largest absolute Gasteiger partial charge is 0.348 e. The van der Waals surface area contributed by atoms with Crippen LogP contribution >= 0.6 is 0 Å². The lowest BCUT2D eigenvalue weighted by Gasteiger charge is -2.49. The van der Waals surface area contributed by atoms with Crippen LogP contribution in [0.25, 0.3) is 0 Å². The molecule has 5 rings (SSSR count). The Hall–Kier alpha value is -2.03. The van der Waals surface area contributed by atoms with E-state index in [1.54, 1.807) is 6.20 Å². The van der Waals surface area contributed by atoms with E-state index in [0.29, 0.717) is 19.3 Å². The number of amides is 1. The molecule has 2 saturated heterocycles. The molecule has 0 bridgehead atoms. The molecule has 0 aromatic carbocycles. The van der Waals surface area contributed by atoms with Gasteiger partial charge in [-0.05, 0) is 58.4 Å². The molecule has 34 heavy (non-hydrogen) atoms. The predicted octanol–water partition coefficient (Wildman–Crippen LogP) is 2.11. The SMILES string of the molecule is C=N/C=C1/C=C2C(=O)NCC3(CCCCC3)N2C1=NCNC1CCC(N2CCN(C)CC2)CC1. The first-order valence-electron chi connectivity index (χ1n) is 13.3. The van der Waals surface area contributed by atoms with Gasteiger partial charge in [0, 0.05) is 56.6 Å². The third-order valence-electron chi connectivity index (χ3n) is 8.66. The van der Waals surface area contributed by atoms with E-state index in [-0.39, 0.29) is 11.4 Å². The molecular formula is C26H41N7O. The van der Waals surface area contributed by atoms with Gasteiger partial charge in [0.25, 0.3) is 5.91 Å². The minimum absolute atomic E-state index is 0.00783. The third kappa shape index (κ3) is 4.72. The number of piperazine rings is 2. The minimum atomic E-state index is -0.0614. The van der Waals surface area contributed by atoms with Crippen molar-refractivity contribution in [1.29, 1.82) is 0 Å². The summed E-state index contributed by atoms with van der Waals surface area (Å²) in [6.45, 7) is 9.72. The maximum Gasteiger partial charge on any atom is 0.268 e. The van der Waals surface area contributed by atoms with Crippen LogP contribution in [0.4, 0.5) is 0 Å². The fourth-order valence-electron chi connectivity index (χ4n) is 6.63. The molecule has 2 saturated carbocycles. The highest BCUT2D eigenvalue weighted by Gasteiger charge is 2.49. The summed E-state index contributed by atoms with van der Waals surface area (Å²) in [6.07, 6.45) is 14.5. The molecule has 2 N–H and O–H groups in total. The Morgan fingerprint density at radius 3 is 2.59 bits per heavy atom. The van der Waals surface area contributed by atoms with Gasteiger partial charge >= 0.3 is 0 Å². The number of nitrogens with one attached hydrogen (secondary N) is 2. The van der Waals surface area contributed by atoms with E-state index >= 15 is 0 Å². The average Bonchev–Trinajstić information content (AvgIpc) is 3.23. The number of amidine groups is 1. The summed E-state index contributed by atoms with van der Waals surface area (Å²) in [5.41, 5.74) is 1.55. The first-order valence-corrected chi connectivity index (χ1v) is 13.3. The molecule has 8 nitrogen and oxygen atoms in total. The second-order valence-corrected chi connectivity index (χ2v) is 10.8. The van der Waals surface area contributed by atoms with Gasteiger partial charge in [-0.3, -0.25) is 25.0 Å². The summed E-state index contributed by atoms with van der Waals surface area (Å²) >= 11 is 0. The Morgan fingerprint density at radius 2 is 1.88 bits per heavy atom. The molecule has 1 spiro atoms. The molecule has 3 aliphatic heterocycles. The van der Waals surface area contributed by atoms with Crippen LogP contribution in [0.1, 0.15) is 57.8 Å². The third-order valence-corrected chi connectivity index (χ3v) is 8.66. The van der Waals surface area contributed by atoms with Gasteiger partial charge in [0.1, 0.15) is 11.5 Å². The summed E-state index contributed by atoms with van der Waals surface area (Å²) in [7, 11) is 2.22. The van der Waals surface area contributed by atoms with Gasteiger partial charge in [-0.25, -0.2) is 0 Å². The van der Waals surface area contributed by atoms with Crippen molar-refractivity contribution in [2.75, 3.05) is 46.4 Å². The molecule has 4 fully saturated rings. The van der Waals surface area contributed by atoms with Crippen molar-refractivity contribution in [3.63, 3.8) is 0 Å². The topological polar surface area (TPSA) is 75.6 Å². The minimum Gasteiger partial charge on any atom is -0.348 e. The van der Waals surface area contributed by atoms with Crippen molar-refractivity contribution >= 4 is 18.5 Å². The Bertz CT molecular complexity index is 856. The second kappa shape index (κ2) is 10.3. The van der Waals surface area contributed by atoms with Gasteiger partial charge in [0.05, 0.1) is 12.2 Å². The number of hydrogen-bond donors (Lipinski definition) is 2. The van der Waals surface area contributed by atoms with E-state index in [0.717, 1.165) is 36.0 Å². The number of hydrogen-bond acceptors (Lipinski definition) is 6. The van der Waals surface area contributed by atoms with E-state index in [1.807, 2.05) is 6.08 Å². The lowest BCUT2D eigenvalue weighted by Crippen LogP contribution is -2.63. The molecule has 3 heterocycles. The number of carbonyl (C=O) groups is 1. The molecule has 1 amide bonds. The van der Waals surface area contributed by atoms with E-state index in [4.69, 9.17) is 4.99 Å². The fraction of sp³-hybridized carbons (Fsp3) is 0.731. The lowest BCUT2D eigenvalue weighted by molar-refractivity contribution is -0.122. The van der Waals surface area contributed by atoms with Gasteiger partial charge in [-0.2, -0.15) is 0 Å². The lowest BCUT2D eigenvalue weighted by atomic mass is 9.78. The Morgan fingerprint density at radius 1 is 1.15 bits per heavy atom. The van der Waals surface area contributed by atoms with Gasteiger partial charge < -0.3 is 15.1 Å². The zero-order valence-corrected chi connectivity index (χ0v) is 20.8. The van der Waals surface area contributed by atoms with Gasteiger partial charge in [0.15, 0.2) is 0 Å². The van der Waals surface area contributed by atoms with Crippen LogP contribution in [0, 0.1) is 0 Å². The molecular weight excluding hydrogens is 426 g/mol. The summed E-state index contributed by atoms with van der Waals surface area (Å²) in [4.78, 5) is 29.1. The van der Waals surface area contributed by atoms with Crippen molar-refractivity contribution in [3.05, 3.63) is 23.5 Å². The molecule has 0 atom stereocenters. The quantitative estimate of drug-likeness (QED) is 0.606. The van der Waals surface area contributed by atoms with E-state index in [9.17, 15) is 4.79 Å². The fourth-order valence-corrected chi connectivity index (χ4v) is 6.63. The summed E-state index contributed by atoms with van der Waals surface area (Å²) in [6, 6.07) is 1.26. The number of rotatable bonds is 5. The molecule has 0 radical (unpaired) electrons. The maximum atomic E-state index is 12.7. The Kier molecular flexibility index (Phi) is 7.18. The monoisotopic (exact) mass is 467 g/mol. The first-order chi connectivity index (χ1) is 16.6. The van der Waals surface area contributed by atoms with Gasteiger partial charge in [-0.15, -0.1) is 0 Å². The van der Waals surface area contributed by atoms with Gasteiger partial charge in [0.2, 0.25) is 0 Å². The predicted molar refractivity (Wildman–Crippen MR) is 137 cm³/mol. The second-order valence-electron chi connectivity index (χ2n) is 10.8. The first kappa shape index (κ1) is 23.7. The van der Waals surface area contributed by atoms with Crippen LogP contribution in [0.2, 0.25) is 0 Å². The molecule has 0 aromatic heterocycles. The van der Waals surface area contributed by atoms with E-state index in [2.05, 4.69) is 44.1 Å². The van der Waals surface area contributed by atoms with Crippen molar-refractivity contribution in [1.82, 2.24) is 25.3 Å². The smallest absolute Gasteiger partial charge is 0.268 e. The van der Waals surface area contributed by atoms with Crippen molar-refractivity contribution < 1.29 is 4.79 Å². The van der Waals surface area contributed by atoms with Crippen molar-refractivity contribution in [2.45, 2.75) is 75.4 Å². The summed E-state index contributed by atoms with van der Waals surface area (Å²) in [5.74, 6) is 0.879. The zero-order valence-electron chi connectivity index (χ0n) is 20.8. The van der Waals surface area contributed by atoms with Crippen LogP contribution in [0.15, 0.2) is 33.5 Å². The van der Waals surface area contributed by atoms with Crippen LogP contribution < -0.4 is 10.6 Å². The maximum absolute atomic E-state index is 12.7. The van der Waals surface area contributed by atoms with Gasteiger partial charge in [-0.1, -0.05) is 19.3 Å². The van der Waals surface area contributed by atoms with E-state index in [1.165, 1.54) is 71.1 Å². The molecule has 5 aliphatic rings. The molecule has 2 aliphatic carbocycles. The van der Waals surface area contributed by atoms with Crippen LogP contribution in [0.5, 0.6) is 0 Å². The standard InChI is InChI=1S/C26H41N7O/c1-27-17-20-16-23-25(34)28-18-26(10-4-3-5-11-26)33(23)24(20)30-19-29-21-6-8-22(9-7-21)32-14-12-31(2)13-15-32/h16-17,21-22,29H,1,3-15,18-19H2,2H3,(H,28,34)/b20-17-,30-24?. The average molecular weight is 468 g/mol. The number of nitrogens with zero attached hydrogens (tertiary/aromatic N) is 5. The summed E-state index contributed by atoms with van der Waals surface area (Å²) in [5, 5.41) is 6.84. The molecule has 8 heteroatoms. The molecule has 0 aromatic rings. The van der Waals surface area contributed by atoms with Crippen LogP contribution in [-0.4, -0.2) is 97.2 Å².